The number of carbonyl (C=O) groups excluding carboxylic acids is 1. The van der Waals surface area contributed by atoms with Crippen molar-refractivity contribution in [1.82, 2.24) is 15.0 Å². The molecule has 0 aliphatic rings. The van der Waals surface area contributed by atoms with E-state index in [4.69, 9.17) is 0 Å². The molecule has 1 aromatic heterocycles. The number of benzene rings is 2. The van der Waals surface area contributed by atoms with Gasteiger partial charge in [0.15, 0.2) is 17.3 Å². The van der Waals surface area contributed by atoms with Crippen LogP contribution in [0.5, 0.6) is 5.75 Å². The molecule has 3 aromatic rings. The zero-order valence-electron chi connectivity index (χ0n) is 16.9. The lowest BCUT2D eigenvalue weighted by Crippen LogP contribution is -2.17. The van der Waals surface area contributed by atoms with Crippen LogP contribution in [-0.4, -0.2) is 27.1 Å². The third kappa shape index (κ3) is 5.16. The number of hydrogen-bond donors (Lipinski definition) is 1. The summed E-state index contributed by atoms with van der Waals surface area (Å²) >= 11 is 0. The first-order chi connectivity index (χ1) is 13.9. The van der Waals surface area contributed by atoms with E-state index in [9.17, 15) is 18.0 Å². The molecular weight excluding hydrogens is 397 g/mol. The van der Waals surface area contributed by atoms with Crippen LogP contribution in [0.2, 0.25) is 0 Å². The Labute approximate surface area is 171 Å². The lowest BCUT2D eigenvalue weighted by atomic mass is 9.87. The maximum absolute atomic E-state index is 12.3. The van der Waals surface area contributed by atoms with Crippen LogP contribution in [0.1, 0.15) is 43.7 Å². The van der Waals surface area contributed by atoms with Crippen molar-refractivity contribution in [3.8, 4) is 11.4 Å². The van der Waals surface area contributed by atoms with Crippen LogP contribution >= 0.6 is 0 Å². The summed E-state index contributed by atoms with van der Waals surface area (Å²) in [6, 6.07) is 12.8. The number of ether oxygens (including phenoxy) is 1. The van der Waals surface area contributed by atoms with E-state index in [-0.39, 0.29) is 28.5 Å². The number of aromatic nitrogens is 3. The van der Waals surface area contributed by atoms with Gasteiger partial charge in [-0.25, -0.2) is 0 Å². The number of carbonyl (C=O) groups is 1. The predicted molar refractivity (Wildman–Crippen MR) is 106 cm³/mol. The van der Waals surface area contributed by atoms with Crippen molar-refractivity contribution in [2.24, 2.45) is 0 Å². The fourth-order valence-corrected chi connectivity index (χ4v) is 2.71. The minimum Gasteiger partial charge on any atom is -0.406 e. The normalized spacial score (nSPS) is 12.0. The Hall–Kier alpha value is -3.36. The number of Topliss-reactive ketones (excluding diaryl/α,β-unsaturated/α-hetero) is 1. The average Bonchev–Trinajstić information content (AvgIpc) is 3.05. The largest absolute Gasteiger partial charge is 0.573 e. The number of anilines is 2. The standard InChI is InChI=1S/C21H21F3N4O2/c1-13(29)18-19(25-15-7-5-14(6-8-15)20(2,3)4)27-28(26-18)16-9-11-17(12-10-16)30-21(22,23)24/h5-12H,1-4H3,(H,25,27). The third-order valence-electron chi connectivity index (χ3n) is 4.26. The maximum Gasteiger partial charge on any atom is 0.573 e. The van der Waals surface area contributed by atoms with Crippen molar-refractivity contribution in [1.29, 1.82) is 0 Å². The number of rotatable bonds is 5. The molecule has 0 radical (unpaired) electrons. The van der Waals surface area contributed by atoms with Gasteiger partial charge in [0.2, 0.25) is 0 Å². The highest BCUT2D eigenvalue weighted by Gasteiger charge is 2.31. The molecule has 30 heavy (non-hydrogen) atoms. The summed E-state index contributed by atoms with van der Waals surface area (Å²) in [7, 11) is 0. The zero-order chi connectivity index (χ0) is 22.1. The maximum atomic E-state index is 12.3. The van der Waals surface area contributed by atoms with Crippen LogP contribution in [0.15, 0.2) is 48.5 Å². The summed E-state index contributed by atoms with van der Waals surface area (Å²) in [5.74, 6) is -0.406. The van der Waals surface area contributed by atoms with Crippen molar-refractivity contribution in [2.75, 3.05) is 5.32 Å². The smallest absolute Gasteiger partial charge is 0.406 e. The molecule has 1 N–H and O–H groups in total. The highest BCUT2D eigenvalue weighted by molar-refractivity contribution is 5.97. The van der Waals surface area contributed by atoms with Gasteiger partial charge in [0.05, 0.1) is 5.69 Å². The van der Waals surface area contributed by atoms with E-state index in [1.165, 1.54) is 23.9 Å². The van der Waals surface area contributed by atoms with Crippen LogP contribution in [0, 0.1) is 0 Å². The molecule has 0 bridgehead atoms. The molecule has 0 unspecified atom stereocenters. The first-order valence-electron chi connectivity index (χ1n) is 9.14. The van der Waals surface area contributed by atoms with Crippen molar-refractivity contribution >= 4 is 17.3 Å². The molecule has 2 aromatic carbocycles. The molecule has 0 saturated carbocycles. The summed E-state index contributed by atoms with van der Waals surface area (Å²) in [5.41, 5.74) is 2.39. The van der Waals surface area contributed by atoms with Gasteiger partial charge in [0, 0.05) is 12.6 Å². The summed E-state index contributed by atoms with van der Waals surface area (Å²) in [4.78, 5) is 13.2. The van der Waals surface area contributed by atoms with Crippen molar-refractivity contribution in [3.05, 3.63) is 59.8 Å². The molecule has 0 aliphatic heterocycles. The molecule has 0 fully saturated rings. The Morgan fingerprint density at radius 1 is 0.967 bits per heavy atom. The molecule has 1 heterocycles. The van der Waals surface area contributed by atoms with Crippen molar-refractivity contribution < 1.29 is 22.7 Å². The lowest BCUT2D eigenvalue weighted by Gasteiger charge is -2.19. The molecule has 0 spiro atoms. The number of nitrogens with one attached hydrogen (secondary N) is 1. The van der Waals surface area contributed by atoms with Crippen molar-refractivity contribution in [2.45, 2.75) is 39.5 Å². The Balaban J connectivity index is 1.86. The van der Waals surface area contributed by atoms with Crippen molar-refractivity contribution in [3.63, 3.8) is 0 Å². The second-order valence-electron chi connectivity index (χ2n) is 7.74. The van der Waals surface area contributed by atoms with Gasteiger partial charge < -0.3 is 10.1 Å². The molecule has 0 aliphatic carbocycles. The van der Waals surface area contributed by atoms with E-state index in [0.717, 1.165) is 23.4 Å². The molecule has 9 heteroatoms. The first kappa shape index (κ1) is 21.4. The monoisotopic (exact) mass is 418 g/mol. The van der Waals surface area contributed by atoms with Gasteiger partial charge in [-0.15, -0.1) is 28.2 Å². The van der Waals surface area contributed by atoms with Gasteiger partial charge in [-0.3, -0.25) is 4.79 Å². The SMILES string of the molecule is CC(=O)c1nn(-c2ccc(OC(F)(F)F)cc2)nc1Nc1ccc(C(C)(C)C)cc1. The minimum absolute atomic E-state index is 0.00814. The highest BCUT2D eigenvalue weighted by atomic mass is 19.4. The van der Waals surface area contributed by atoms with Gasteiger partial charge in [-0.2, -0.15) is 0 Å². The topological polar surface area (TPSA) is 69.0 Å². The fraction of sp³-hybridized carbons (Fsp3) is 0.286. The van der Waals surface area contributed by atoms with Gasteiger partial charge in [0.1, 0.15) is 5.75 Å². The molecule has 0 atom stereocenters. The molecule has 6 nitrogen and oxygen atoms in total. The minimum atomic E-state index is -4.77. The number of hydrogen-bond acceptors (Lipinski definition) is 5. The van der Waals surface area contributed by atoms with E-state index < -0.39 is 6.36 Å². The van der Waals surface area contributed by atoms with Crippen LogP contribution in [0.25, 0.3) is 5.69 Å². The van der Waals surface area contributed by atoms with E-state index in [0.29, 0.717) is 5.69 Å². The molecule has 0 amide bonds. The van der Waals surface area contributed by atoms with Gasteiger partial charge >= 0.3 is 6.36 Å². The van der Waals surface area contributed by atoms with Crippen LogP contribution < -0.4 is 10.1 Å². The van der Waals surface area contributed by atoms with Crippen LogP contribution in [-0.2, 0) is 5.41 Å². The quantitative estimate of drug-likeness (QED) is 0.561. The molecular formula is C21H21F3N4O2. The second kappa shape index (κ2) is 7.81. The average molecular weight is 418 g/mol. The molecule has 158 valence electrons. The second-order valence-corrected chi connectivity index (χ2v) is 7.74. The van der Waals surface area contributed by atoms with E-state index in [1.807, 2.05) is 24.3 Å². The molecule has 0 saturated heterocycles. The Morgan fingerprint density at radius 2 is 1.57 bits per heavy atom. The van der Waals surface area contributed by atoms with Gasteiger partial charge in [-0.1, -0.05) is 32.9 Å². The number of ketones is 1. The number of halogens is 3. The predicted octanol–water partition coefficient (Wildman–Crippen LogP) is 5.41. The van der Waals surface area contributed by atoms with E-state index in [2.05, 4.69) is 41.0 Å². The summed E-state index contributed by atoms with van der Waals surface area (Å²) in [5, 5.41) is 11.5. The van der Waals surface area contributed by atoms with Gasteiger partial charge in [-0.05, 0) is 47.4 Å². The van der Waals surface area contributed by atoms with Gasteiger partial charge in [0.25, 0.3) is 0 Å². The first-order valence-corrected chi connectivity index (χ1v) is 9.14. The third-order valence-corrected chi connectivity index (χ3v) is 4.26. The van der Waals surface area contributed by atoms with Crippen LogP contribution in [0.3, 0.4) is 0 Å². The van der Waals surface area contributed by atoms with E-state index in [1.54, 1.807) is 0 Å². The lowest BCUT2D eigenvalue weighted by molar-refractivity contribution is -0.274. The Morgan fingerprint density at radius 3 is 2.07 bits per heavy atom. The fourth-order valence-electron chi connectivity index (χ4n) is 2.71. The van der Waals surface area contributed by atoms with Crippen LogP contribution in [0.4, 0.5) is 24.7 Å². The Bertz CT molecular complexity index is 1030. The summed E-state index contributed by atoms with van der Waals surface area (Å²) in [6.45, 7) is 7.70. The number of nitrogens with zero attached hydrogens (tertiary/aromatic N) is 3. The summed E-state index contributed by atoms with van der Waals surface area (Å²) < 4.78 is 40.8. The number of alkyl halides is 3. The molecule has 3 rings (SSSR count). The zero-order valence-corrected chi connectivity index (χ0v) is 16.9. The summed E-state index contributed by atoms with van der Waals surface area (Å²) in [6.07, 6.45) is -4.77. The highest BCUT2D eigenvalue weighted by Crippen LogP contribution is 2.26. The van der Waals surface area contributed by atoms with E-state index >= 15 is 0 Å². The Kier molecular flexibility index (Phi) is 5.56.